The molecular formula is C20H18N4O4. The minimum Gasteiger partial charge on any atom is -0.493 e. The second-order valence-electron chi connectivity index (χ2n) is 6.22. The van der Waals surface area contributed by atoms with Crippen molar-refractivity contribution in [1.82, 2.24) is 14.5 Å². The number of nitrogens with zero attached hydrogens (tertiary/aromatic N) is 3. The third-order valence-electron chi connectivity index (χ3n) is 4.51. The molecule has 0 fully saturated rings. The molecule has 0 aliphatic rings. The molecule has 142 valence electrons. The fourth-order valence-corrected chi connectivity index (χ4v) is 3.21. The van der Waals surface area contributed by atoms with Gasteiger partial charge in [-0.25, -0.2) is 9.78 Å². The van der Waals surface area contributed by atoms with E-state index < -0.39 is 6.09 Å². The monoisotopic (exact) mass is 378 g/mol. The van der Waals surface area contributed by atoms with Crippen LogP contribution < -0.4 is 14.8 Å². The Labute approximate surface area is 160 Å². The van der Waals surface area contributed by atoms with E-state index in [0.29, 0.717) is 23.7 Å². The van der Waals surface area contributed by atoms with Crippen molar-refractivity contribution in [3.63, 3.8) is 0 Å². The smallest absolute Gasteiger partial charge is 0.409 e. The number of carboxylic acid groups (broad SMARTS) is 1. The maximum atomic E-state index is 10.7. The van der Waals surface area contributed by atoms with Crippen LogP contribution in [-0.2, 0) is 6.54 Å². The molecule has 0 saturated carbocycles. The van der Waals surface area contributed by atoms with Gasteiger partial charge in [0.05, 0.1) is 37.8 Å². The van der Waals surface area contributed by atoms with E-state index in [1.165, 1.54) is 0 Å². The summed E-state index contributed by atoms with van der Waals surface area (Å²) in [6.45, 7) is 0.581. The lowest BCUT2D eigenvalue weighted by atomic mass is 10.1. The molecular weight excluding hydrogens is 360 g/mol. The highest BCUT2D eigenvalue weighted by molar-refractivity contribution is 6.03. The first kappa shape index (κ1) is 17.6. The number of rotatable bonds is 5. The molecule has 4 aromatic rings. The van der Waals surface area contributed by atoms with Crippen molar-refractivity contribution < 1.29 is 19.4 Å². The van der Waals surface area contributed by atoms with Crippen molar-refractivity contribution in [3.8, 4) is 11.5 Å². The molecule has 2 aromatic carbocycles. The Kier molecular flexibility index (Phi) is 4.44. The first-order valence-electron chi connectivity index (χ1n) is 8.53. The molecule has 0 spiro atoms. The zero-order valence-corrected chi connectivity index (χ0v) is 15.3. The van der Waals surface area contributed by atoms with E-state index in [9.17, 15) is 4.79 Å². The van der Waals surface area contributed by atoms with Crippen molar-refractivity contribution in [2.45, 2.75) is 6.54 Å². The van der Waals surface area contributed by atoms with Crippen LogP contribution in [0.3, 0.4) is 0 Å². The first-order chi connectivity index (χ1) is 13.6. The van der Waals surface area contributed by atoms with Crippen molar-refractivity contribution in [2.24, 2.45) is 0 Å². The Morgan fingerprint density at radius 1 is 1.07 bits per heavy atom. The SMILES string of the molecule is COc1cc2ncc3ncn(Cc4ccc(NC(=O)O)cc4)c3c2cc1OC. The van der Waals surface area contributed by atoms with Crippen LogP contribution in [-0.4, -0.2) is 40.0 Å². The second-order valence-corrected chi connectivity index (χ2v) is 6.22. The molecule has 28 heavy (non-hydrogen) atoms. The fourth-order valence-electron chi connectivity index (χ4n) is 3.21. The zero-order chi connectivity index (χ0) is 19.7. The van der Waals surface area contributed by atoms with E-state index in [1.807, 2.05) is 28.8 Å². The lowest BCUT2D eigenvalue weighted by Gasteiger charge is -2.11. The largest absolute Gasteiger partial charge is 0.493 e. The summed E-state index contributed by atoms with van der Waals surface area (Å²) in [6, 6.07) is 11.0. The van der Waals surface area contributed by atoms with Gasteiger partial charge in [0.25, 0.3) is 0 Å². The van der Waals surface area contributed by atoms with Gasteiger partial charge >= 0.3 is 6.09 Å². The fraction of sp³-hybridized carbons (Fsp3) is 0.150. The predicted molar refractivity (Wildman–Crippen MR) is 105 cm³/mol. The first-order valence-corrected chi connectivity index (χ1v) is 8.53. The third kappa shape index (κ3) is 3.16. The average Bonchev–Trinajstić information content (AvgIpc) is 3.11. The number of pyridine rings is 1. The highest BCUT2D eigenvalue weighted by Crippen LogP contribution is 2.34. The van der Waals surface area contributed by atoms with Crippen LogP contribution in [0.5, 0.6) is 11.5 Å². The molecule has 0 radical (unpaired) electrons. The summed E-state index contributed by atoms with van der Waals surface area (Å²) in [5, 5.41) is 12.0. The van der Waals surface area contributed by atoms with Gasteiger partial charge in [0, 0.05) is 23.7 Å². The summed E-state index contributed by atoms with van der Waals surface area (Å²) in [6.07, 6.45) is 2.42. The number of nitrogens with one attached hydrogen (secondary N) is 1. The Balaban J connectivity index is 1.77. The van der Waals surface area contributed by atoms with Crippen LogP contribution >= 0.6 is 0 Å². The minimum absolute atomic E-state index is 0.526. The van der Waals surface area contributed by atoms with E-state index in [0.717, 1.165) is 27.5 Å². The molecule has 2 N–H and O–H groups in total. The van der Waals surface area contributed by atoms with Crippen LogP contribution in [0.15, 0.2) is 48.9 Å². The second kappa shape index (κ2) is 7.07. The van der Waals surface area contributed by atoms with Gasteiger partial charge < -0.3 is 19.1 Å². The van der Waals surface area contributed by atoms with Gasteiger partial charge in [-0.05, 0) is 23.8 Å². The van der Waals surface area contributed by atoms with Crippen LogP contribution in [0.4, 0.5) is 10.5 Å². The van der Waals surface area contributed by atoms with Crippen molar-refractivity contribution >= 4 is 33.7 Å². The number of aromatic nitrogens is 3. The van der Waals surface area contributed by atoms with Gasteiger partial charge in [0.1, 0.15) is 5.52 Å². The Morgan fingerprint density at radius 3 is 2.46 bits per heavy atom. The number of methoxy groups -OCH3 is 2. The van der Waals surface area contributed by atoms with E-state index in [-0.39, 0.29) is 0 Å². The number of ether oxygens (including phenoxy) is 2. The van der Waals surface area contributed by atoms with Crippen LogP contribution in [0.2, 0.25) is 0 Å². The van der Waals surface area contributed by atoms with Crippen molar-refractivity contribution in [3.05, 3.63) is 54.5 Å². The van der Waals surface area contributed by atoms with Gasteiger partial charge in [-0.1, -0.05) is 12.1 Å². The summed E-state index contributed by atoms with van der Waals surface area (Å²) in [5.74, 6) is 1.25. The van der Waals surface area contributed by atoms with Gasteiger partial charge in [0.2, 0.25) is 0 Å². The quantitative estimate of drug-likeness (QED) is 0.549. The number of hydrogen-bond acceptors (Lipinski definition) is 5. The van der Waals surface area contributed by atoms with Crippen molar-refractivity contribution in [2.75, 3.05) is 19.5 Å². The maximum Gasteiger partial charge on any atom is 0.409 e. The summed E-state index contributed by atoms with van der Waals surface area (Å²) in [7, 11) is 3.19. The molecule has 4 rings (SSSR count). The number of carbonyl (C=O) groups is 1. The van der Waals surface area contributed by atoms with Crippen molar-refractivity contribution in [1.29, 1.82) is 0 Å². The number of hydrogen-bond donors (Lipinski definition) is 2. The van der Waals surface area contributed by atoms with Gasteiger partial charge in [-0.3, -0.25) is 10.3 Å². The summed E-state index contributed by atoms with van der Waals surface area (Å²) in [4.78, 5) is 19.7. The van der Waals surface area contributed by atoms with E-state index in [4.69, 9.17) is 14.6 Å². The molecule has 0 atom stereocenters. The standard InChI is InChI=1S/C20H18N4O4/c1-27-17-7-14-15(8-18(17)28-2)21-9-16-19(14)24(11-22-16)10-12-3-5-13(6-4-12)23-20(25)26/h3-9,11,23H,10H2,1-2H3,(H,25,26). The Bertz CT molecular complexity index is 1170. The Hall–Kier alpha value is -3.81. The number of anilines is 1. The highest BCUT2D eigenvalue weighted by Gasteiger charge is 2.13. The molecule has 8 nitrogen and oxygen atoms in total. The zero-order valence-electron chi connectivity index (χ0n) is 15.3. The molecule has 1 amide bonds. The van der Waals surface area contributed by atoms with E-state index in [2.05, 4.69) is 15.3 Å². The predicted octanol–water partition coefficient (Wildman–Crippen LogP) is 3.74. The molecule has 0 aliphatic carbocycles. The lowest BCUT2D eigenvalue weighted by Crippen LogP contribution is -2.07. The minimum atomic E-state index is -1.09. The third-order valence-corrected chi connectivity index (χ3v) is 4.51. The number of fused-ring (bicyclic) bond motifs is 3. The normalized spacial score (nSPS) is 10.9. The number of amides is 1. The molecule has 2 aromatic heterocycles. The topological polar surface area (TPSA) is 98.5 Å². The van der Waals surface area contributed by atoms with Gasteiger partial charge in [0.15, 0.2) is 11.5 Å². The molecule has 0 bridgehead atoms. The Morgan fingerprint density at radius 2 is 1.79 bits per heavy atom. The van der Waals surface area contributed by atoms with Crippen LogP contribution in [0.25, 0.3) is 21.9 Å². The summed E-state index contributed by atoms with van der Waals surface area (Å²) < 4.78 is 12.8. The van der Waals surface area contributed by atoms with Gasteiger partial charge in [-0.15, -0.1) is 0 Å². The lowest BCUT2D eigenvalue weighted by molar-refractivity contribution is 0.209. The van der Waals surface area contributed by atoms with Crippen LogP contribution in [0, 0.1) is 0 Å². The highest BCUT2D eigenvalue weighted by atomic mass is 16.5. The molecule has 0 aliphatic heterocycles. The molecule has 2 heterocycles. The van der Waals surface area contributed by atoms with Crippen LogP contribution in [0.1, 0.15) is 5.56 Å². The number of benzene rings is 2. The molecule has 8 heteroatoms. The average molecular weight is 378 g/mol. The molecule has 0 saturated heterocycles. The molecule has 0 unspecified atom stereocenters. The van der Waals surface area contributed by atoms with E-state index >= 15 is 0 Å². The van der Waals surface area contributed by atoms with E-state index in [1.54, 1.807) is 38.9 Å². The maximum absolute atomic E-state index is 10.7. The summed E-state index contributed by atoms with van der Waals surface area (Å²) >= 11 is 0. The summed E-state index contributed by atoms with van der Waals surface area (Å²) in [5.41, 5.74) is 4.05. The van der Waals surface area contributed by atoms with Gasteiger partial charge in [-0.2, -0.15) is 0 Å². The number of imidazole rings is 1.